The highest BCUT2D eigenvalue weighted by molar-refractivity contribution is 5.95. The lowest BCUT2D eigenvalue weighted by Crippen LogP contribution is -2.64. The lowest BCUT2D eigenvalue weighted by Gasteiger charge is -2.59. The van der Waals surface area contributed by atoms with E-state index in [2.05, 4.69) is 0 Å². The molecule has 2 fully saturated rings. The minimum absolute atomic E-state index is 0.0998. The Kier molecular flexibility index (Phi) is 4.72. The maximum Gasteiger partial charge on any atom is 0.303 e. The molecule has 0 aromatic heterocycles. The van der Waals surface area contributed by atoms with Crippen molar-refractivity contribution in [3.63, 3.8) is 0 Å². The minimum Gasteiger partial charge on any atom is -0.458 e. The van der Waals surface area contributed by atoms with Gasteiger partial charge in [0.05, 0.1) is 0 Å². The maximum absolute atomic E-state index is 13.0. The van der Waals surface area contributed by atoms with Crippen molar-refractivity contribution in [2.45, 2.75) is 66.8 Å². The average molecular weight is 392 g/mol. The second kappa shape index (κ2) is 6.42. The summed E-state index contributed by atoms with van der Waals surface area (Å²) >= 11 is 0. The van der Waals surface area contributed by atoms with E-state index in [4.69, 9.17) is 14.2 Å². The first-order valence-electron chi connectivity index (χ1n) is 9.57. The van der Waals surface area contributed by atoms with Crippen molar-refractivity contribution in [1.82, 2.24) is 0 Å². The van der Waals surface area contributed by atoms with Crippen LogP contribution in [0.2, 0.25) is 0 Å². The van der Waals surface area contributed by atoms with Gasteiger partial charge in [-0.3, -0.25) is 19.2 Å². The molecule has 4 rings (SSSR count). The van der Waals surface area contributed by atoms with Crippen LogP contribution >= 0.6 is 0 Å². The summed E-state index contributed by atoms with van der Waals surface area (Å²) in [6.45, 7) is 11.4. The van der Waals surface area contributed by atoms with Crippen LogP contribution in [-0.4, -0.2) is 42.0 Å². The summed E-state index contributed by atoms with van der Waals surface area (Å²) in [7, 11) is 0. The summed E-state index contributed by atoms with van der Waals surface area (Å²) in [5.41, 5.74) is -0.630. The van der Waals surface area contributed by atoms with Crippen LogP contribution in [-0.2, 0) is 33.4 Å². The number of ketones is 1. The molecule has 4 bridgehead atoms. The maximum atomic E-state index is 13.0. The van der Waals surface area contributed by atoms with Gasteiger partial charge in [-0.2, -0.15) is 0 Å². The standard InChI is InChI=1S/C21H28O7/c1-9-8-21(7)15-14(13(9)16(15)25)20(5,6)18(27-11(3)23)17(26-10(2)22)19(21)28-12(4)24/h8,13-15,17-19H,1-7H3/t13-,14-,15-,17+,18+,19+,21+/m0/s1. The SMILES string of the molecule is CC(=O)O[C@@H]1[C@@H](OC(C)=O)C(C)(C)[C@H]2[C@H]3C(=O)[C@H]2[C@@](C)(C=C3C)[C@@H]1OC(C)=O. The van der Waals surface area contributed by atoms with Gasteiger partial charge in [0.1, 0.15) is 11.9 Å². The summed E-state index contributed by atoms with van der Waals surface area (Å²) in [5, 5.41) is 0. The van der Waals surface area contributed by atoms with Crippen LogP contribution in [0, 0.1) is 28.6 Å². The van der Waals surface area contributed by atoms with Crippen LogP contribution in [0.1, 0.15) is 48.5 Å². The van der Waals surface area contributed by atoms with Gasteiger partial charge >= 0.3 is 17.9 Å². The van der Waals surface area contributed by atoms with E-state index in [0.29, 0.717) is 0 Å². The van der Waals surface area contributed by atoms with Gasteiger partial charge in [0.25, 0.3) is 0 Å². The first-order chi connectivity index (χ1) is 12.8. The zero-order chi connectivity index (χ0) is 21.2. The van der Waals surface area contributed by atoms with Crippen molar-refractivity contribution in [3.05, 3.63) is 11.6 Å². The molecule has 28 heavy (non-hydrogen) atoms. The van der Waals surface area contributed by atoms with Gasteiger partial charge in [-0.05, 0) is 12.8 Å². The molecule has 0 heterocycles. The summed E-state index contributed by atoms with van der Waals surface area (Å²) in [6.07, 6.45) is -0.863. The highest BCUT2D eigenvalue weighted by Crippen LogP contribution is 2.66. The van der Waals surface area contributed by atoms with Gasteiger partial charge in [-0.1, -0.05) is 32.4 Å². The minimum atomic E-state index is -1.02. The largest absolute Gasteiger partial charge is 0.458 e. The molecular formula is C21H28O7. The zero-order valence-electron chi connectivity index (χ0n) is 17.4. The smallest absolute Gasteiger partial charge is 0.303 e. The summed E-state index contributed by atoms with van der Waals surface area (Å²) in [4.78, 5) is 48.8. The fourth-order valence-corrected chi connectivity index (χ4v) is 5.82. The Labute approximate surface area is 164 Å². The van der Waals surface area contributed by atoms with Gasteiger partial charge < -0.3 is 14.2 Å². The third-order valence-electron chi connectivity index (χ3n) is 6.72. The number of carbonyl (C=O) groups is 4. The molecule has 0 spiro atoms. The zero-order valence-corrected chi connectivity index (χ0v) is 17.4. The molecule has 7 nitrogen and oxygen atoms in total. The van der Waals surface area contributed by atoms with Crippen LogP contribution < -0.4 is 0 Å². The molecule has 4 aliphatic rings. The number of esters is 3. The second-order valence-corrected chi connectivity index (χ2v) is 9.09. The Hall–Kier alpha value is -2.18. The van der Waals surface area contributed by atoms with Crippen LogP contribution in [0.4, 0.5) is 0 Å². The first-order valence-corrected chi connectivity index (χ1v) is 9.57. The third-order valence-corrected chi connectivity index (χ3v) is 6.72. The predicted octanol–water partition coefficient (Wildman–Crippen LogP) is 2.22. The van der Waals surface area contributed by atoms with Gasteiger partial charge in [0.15, 0.2) is 12.2 Å². The summed E-state index contributed by atoms with van der Waals surface area (Å²) in [6, 6.07) is 0. The molecule has 7 heteroatoms. The van der Waals surface area contributed by atoms with E-state index in [0.717, 1.165) is 5.57 Å². The Bertz CT molecular complexity index is 780. The van der Waals surface area contributed by atoms with Crippen molar-refractivity contribution in [3.8, 4) is 0 Å². The van der Waals surface area contributed by atoms with E-state index in [1.165, 1.54) is 20.8 Å². The van der Waals surface area contributed by atoms with Gasteiger partial charge in [-0.15, -0.1) is 0 Å². The second-order valence-electron chi connectivity index (χ2n) is 9.09. The van der Waals surface area contributed by atoms with Crippen molar-refractivity contribution in [1.29, 1.82) is 0 Å². The lowest BCUT2D eigenvalue weighted by atomic mass is 9.42. The van der Waals surface area contributed by atoms with Crippen molar-refractivity contribution in [2.24, 2.45) is 28.6 Å². The molecule has 0 aromatic carbocycles. The fraction of sp³-hybridized carbons (Fsp3) is 0.714. The van der Waals surface area contributed by atoms with E-state index >= 15 is 0 Å². The molecule has 0 radical (unpaired) electrons. The van der Waals surface area contributed by atoms with Crippen LogP contribution in [0.25, 0.3) is 0 Å². The van der Waals surface area contributed by atoms with E-state index in [-0.39, 0.29) is 17.6 Å². The highest BCUT2D eigenvalue weighted by Gasteiger charge is 2.73. The van der Waals surface area contributed by atoms with Gasteiger partial charge in [0, 0.05) is 43.4 Å². The van der Waals surface area contributed by atoms with Crippen molar-refractivity contribution in [2.75, 3.05) is 0 Å². The summed E-state index contributed by atoms with van der Waals surface area (Å²) < 4.78 is 16.9. The molecule has 0 amide bonds. The fourth-order valence-electron chi connectivity index (χ4n) is 5.82. The lowest BCUT2D eigenvalue weighted by molar-refractivity contribution is -0.198. The highest BCUT2D eigenvalue weighted by atomic mass is 16.6. The first kappa shape index (κ1) is 20.6. The molecule has 0 aromatic rings. The molecule has 2 saturated carbocycles. The number of allylic oxidation sites excluding steroid dienone is 1. The monoisotopic (exact) mass is 392 g/mol. The van der Waals surface area contributed by atoms with Gasteiger partial charge in [0.2, 0.25) is 0 Å². The molecule has 0 N–H and O–H groups in total. The number of ether oxygens (including phenoxy) is 3. The van der Waals surface area contributed by atoms with E-state index in [1.807, 2.05) is 33.8 Å². The van der Waals surface area contributed by atoms with E-state index in [1.54, 1.807) is 0 Å². The molecule has 0 unspecified atom stereocenters. The molecular weight excluding hydrogens is 364 g/mol. The van der Waals surface area contributed by atoms with Gasteiger partial charge in [-0.25, -0.2) is 0 Å². The average Bonchev–Trinajstić information content (AvgIpc) is 2.54. The number of carbonyl (C=O) groups excluding carboxylic acids is 4. The third kappa shape index (κ3) is 2.78. The number of hydrogen-bond acceptors (Lipinski definition) is 7. The number of rotatable bonds is 3. The van der Waals surface area contributed by atoms with Crippen LogP contribution in [0.3, 0.4) is 0 Å². The topological polar surface area (TPSA) is 96.0 Å². The van der Waals surface area contributed by atoms with Crippen LogP contribution in [0.5, 0.6) is 0 Å². The Morgan fingerprint density at radius 1 is 0.893 bits per heavy atom. The number of Topliss-reactive ketones (excluding diaryl/α,β-unsaturated/α-hetero) is 1. The predicted molar refractivity (Wildman–Crippen MR) is 97.8 cm³/mol. The molecule has 7 atom stereocenters. The normalized spacial score (nSPS) is 40.4. The van der Waals surface area contributed by atoms with E-state index < -0.39 is 53.0 Å². The van der Waals surface area contributed by atoms with Crippen molar-refractivity contribution < 1.29 is 33.4 Å². The quantitative estimate of drug-likeness (QED) is 0.413. The Morgan fingerprint density at radius 3 is 1.86 bits per heavy atom. The number of hydrogen-bond donors (Lipinski definition) is 0. The molecule has 0 aliphatic heterocycles. The van der Waals surface area contributed by atoms with Crippen LogP contribution in [0.15, 0.2) is 11.6 Å². The Balaban J connectivity index is 2.25. The van der Waals surface area contributed by atoms with E-state index in [9.17, 15) is 19.2 Å². The molecule has 0 saturated heterocycles. The molecule has 4 aliphatic carbocycles. The molecule has 154 valence electrons. The van der Waals surface area contributed by atoms with Crippen molar-refractivity contribution >= 4 is 23.7 Å². The Morgan fingerprint density at radius 2 is 1.39 bits per heavy atom. The summed E-state index contributed by atoms with van der Waals surface area (Å²) in [5.74, 6) is -2.33.